The Morgan fingerprint density at radius 1 is 1.16 bits per heavy atom. The van der Waals surface area contributed by atoms with Crippen LogP contribution in [0.1, 0.15) is 17.6 Å². The van der Waals surface area contributed by atoms with Gasteiger partial charge in [0.1, 0.15) is 11.9 Å². The van der Waals surface area contributed by atoms with Crippen molar-refractivity contribution in [2.45, 2.75) is 13.0 Å². The van der Waals surface area contributed by atoms with Gasteiger partial charge >= 0.3 is 0 Å². The van der Waals surface area contributed by atoms with Crippen LogP contribution >= 0.6 is 0 Å². The first-order valence-electron chi connectivity index (χ1n) is 10.7. The number of para-hydroxylation sites is 1. The summed E-state index contributed by atoms with van der Waals surface area (Å²) >= 11 is 0. The Morgan fingerprint density at radius 2 is 1.94 bits per heavy atom. The second kappa shape index (κ2) is 8.70. The maximum Gasteiger partial charge on any atom is 0.164 e. The Balaban J connectivity index is 1.60. The molecule has 0 amide bonds. The smallest absolute Gasteiger partial charge is 0.164 e. The number of morpholine rings is 1. The number of aliphatic hydroxyl groups is 1. The highest BCUT2D eigenvalue weighted by Crippen LogP contribution is 2.29. The van der Waals surface area contributed by atoms with Gasteiger partial charge < -0.3 is 24.5 Å². The molecule has 0 saturated carbocycles. The van der Waals surface area contributed by atoms with Crippen molar-refractivity contribution in [3.05, 3.63) is 54.1 Å². The van der Waals surface area contributed by atoms with E-state index in [1.807, 2.05) is 48.1 Å². The molecule has 1 fully saturated rings. The molecule has 4 heterocycles. The Morgan fingerprint density at radius 3 is 2.72 bits per heavy atom. The number of fused-ring (bicyclic) bond motifs is 1. The molecule has 9 nitrogen and oxygen atoms in total. The molecule has 1 aromatic carbocycles. The molecule has 1 aliphatic heterocycles. The van der Waals surface area contributed by atoms with Crippen LogP contribution in [0.5, 0.6) is 0 Å². The van der Waals surface area contributed by atoms with Crippen molar-refractivity contribution in [2.24, 2.45) is 0 Å². The van der Waals surface area contributed by atoms with E-state index in [2.05, 4.69) is 20.9 Å². The number of hydrogen-bond acceptors (Lipinski definition) is 7. The van der Waals surface area contributed by atoms with Gasteiger partial charge in [-0.3, -0.25) is 0 Å². The number of aromatic amines is 1. The lowest BCUT2D eigenvalue weighted by atomic mass is 10.1. The second-order valence-electron chi connectivity index (χ2n) is 7.78. The van der Waals surface area contributed by atoms with Crippen molar-refractivity contribution in [1.29, 1.82) is 0 Å². The van der Waals surface area contributed by atoms with Gasteiger partial charge in [-0.2, -0.15) is 5.10 Å². The average molecular weight is 435 g/mol. The van der Waals surface area contributed by atoms with Crippen molar-refractivity contribution in [3.8, 4) is 17.1 Å². The third kappa shape index (κ3) is 3.75. The zero-order chi connectivity index (χ0) is 22.1. The summed E-state index contributed by atoms with van der Waals surface area (Å²) in [7, 11) is 1.54. The summed E-state index contributed by atoms with van der Waals surface area (Å²) in [5, 5.41) is 15.8. The highest BCUT2D eigenvalue weighted by molar-refractivity contribution is 5.94. The van der Waals surface area contributed by atoms with E-state index in [1.165, 1.54) is 0 Å². The minimum atomic E-state index is -0.612. The van der Waals surface area contributed by atoms with Gasteiger partial charge in [-0.05, 0) is 19.1 Å². The maximum absolute atomic E-state index is 9.76. The van der Waals surface area contributed by atoms with E-state index in [9.17, 15) is 5.11 Å². The fourth-order valence-corrected chi connectivity index (χ4v) is 4.03. The number of nitrogens with one attached hydrogen (secondary N) is 1. The van der Waals surface area contributed by atoms with E-state index in [4.69, 9.17) is 19.6 Å². The number of aliphatic hydroxyl groups excluding tert-OH is 1. The first-order valence-corrected chi connectivity index (χ1v) is 10.7. The number of benzene rings is 1. The third-order valence-corrected chi connectivity index (χ3v) is 5.76. The van der Waals surface area contributed by atoms with E-state index in [-0.39, 0.29) is 6.61 Å². The predicted octanol–water partition coefficient (Wildman–Crippen LogP) is 2.64. The molecular formula is C23H26N6O3. The fourth-order valence-electron chi connectivity index (χ4n) is 4.03. The molecule has 0 aliphatic carbocycles. The molecule has 1 aliphatic rings. The number of ether oxygens (including phenoxy) is 2. The van der Waals surface area contributed by atoms with Crippen LogP contribution in [0.3, 0.4) is 0 Å². The number of anilines is 1. The van der Waals surface area contributed by atoms with Crippen LogP contribution in [-0.2, 0) is 9.47 Å². The molecule has 2 N–H and O–H groups in total. The van der Waals surface area contributed by atoms with Crippen molar-refractivity contribution in [3.63, 3.8) is 0 Å². The topological polar surface area (TPSA) is 101 Å². The van der Waals surface area contributed by atoms with Gasteiger partial charge in [0, 0.05) is 54.6 Å². The largest absolute Gasteiger partial charge is 0.393 e. The monoisotopic (exact) mass is 434 g/mol. The van der Waals surface area contributed by atoms with Crippen LogP contribution in [-0.4, -0.2) is 69.9 Å². The molecule has 0 bridgehead atoms. The average Bonchev–Trinajstić information content (AvgIpc) is 3.44. The minimum absolute atomic E-state index is 0.207. The summed E-state index contributed by atoms with van der Waals surface area (Å²) in [5.74, 6) is 1.83. The molecule has 0 spiro atoms. The first-order chi connectivity index (χ1) is 15.7. The zero-order valence-electron chi connectivity index (χ0n) is 18.2. The Labute approximate surface area is 185 Å². The normalized spacial score (nSPS) is 15.4. The van der Waals surface area contributed by atoms with Crippen molar-refractivity contribution >= 4 is 16.7 Å². The Bertz CT molecular complexity index is 1220. The summed E-state index contributed by atoms with van der Waals surface area (Å²) in [6, 6.07) is 12.1. The molecule has 32 heavy (non-hydrogen) atoms. The van der Waals surface area contributed by atoms with Crippen molar-refractivity contribution in [2.75, 3.05) is 44.9 Å². The van der Waals surface area contributed by atoms with Crippen LogP contribution < -0.4 is 4.90 Å². The van der Waals surface area contributed by atoms with Crippen molar-refractivity contribution in [1.82, 2.24) is 24.7 Å². The summed E-state index contributed by atoms with van der Waals surface area (Å²) in [5.41, 5.74) is 3.91. The molecule has 0 radical (unpaired) electrons. The number of methoxy groups -OCH3 is 1. The molecule has 9 heteroatoms. The number of H-pyrrole nitrogens is 1. The highest BCUT2D eigenvalue weighted by Gasteiger charge is 2.21. The third-order valence-electron chi connectivity index (χ3n) is 5.76. The minimum Gasteiger partial charge on any atom is -0.393 e. The van der Waals surface area contributed by atoms with Gasteiger partial charge in [0.05, 0.1) is 25.5 Å². The van der Waals surface area contributed by atoms with Crippen molar-refractivity contribution < 1.29 is 14.6 Å². The lowest BCUT2D eigenvalue weighted by Crippen LogP contribution is -2.37. The quantitative estimate of drug-likeness (QED) is 0.481. The molecule has 1 saturated heterocycles. The Hall–Kier alpha value is -3.27. The summed E-state index contributed by atoms with van der Waals surface area (Å²) in [6.07, 6.45) is 1.37. The molecule has 166 valence electrons. The van der Waals surface area contributed by atoms with Gasteiger partial charge in [-0.15, -0.1) is 0 Å². The first kappa shape index (κ1) is 20.6. The molecule has 3 aromatic heterocycles. The van der Waals surface area contributed by atoms with E-state index >= 15 is 0 Å². The lowest BCUT2D eigenvalue weighted by Gasteiger charge is -2.28. The SMILES string of the molecule is CO[C@@H](CO)c1nc(N2CCOCC2)cc(-n2nc(-c3c[nH]c4ccccc34)cc2C)n1. The summed E-state index contributed by atoms with van der Waals surface area (Å²) in [6.45, 7) is 4.57. The lowest BCUT2D eigenvalue weighted by molar-refractivity contribution is 0.0422. The zero-order valence-corrected chi connectivity index (χ0v) is 18.2. The van der Waals surface area contributed by atoms with E-state index < -0.39 is 6.10 Å². The summed E-state index contributed by atoms with van der Waals surface area (Å²) in [4.78, 5) is 14.8. The highest BCUT2D eigenvalue weighted by atomic mass is 16.5. The molecular weight excluding hydrogens is 408 g/mol. The van der Waals surface area contributed by atoms with Crippen LogP contribution in [0, 0.1) is 6.92 Å². The number of aryl methyl sites for hydroxylation is 1. The van der Waals surface area contributed by atoms with Crippen LogP contribution in [0.4, 0.5) is 5.82 Å². The number of nitrogens with zero attached hydrogens (tertiary/aromatic N) is 5. The number of aromatic nitrogens is 5. The molecule has 1 atom stereocenters. The fraction of sp³-hybridized carbons (Fsp3) is 0.348. The molecule has 4 aromatic rings. The standard InChI is InChI=1S/C23H26N6O3/c1-15-11-19(17-13-24-18-6-4-3-5-16(17)18)27-29(15)22-12-21(28-7-9-32-10-8-28)25-23(26-22)20(14-30)31-2/h3-6,11-13,20,24,30H,7-10,14H2,1-2H3/t20-/m0/s1. The van der Waals surface area contributed by atoms with Gasteiger partial charge in [-0.1, -0.05) is 18.2 Å². The van der Waals surface area contributed by atoms with Gasteiger partial charge in [0.25, 0.3) is 0 Å². The number of rotatable bonds is 6. The molecule has 5 rings (SSSR count). The second-order valence-corrected chi connectivity index (χ2v) is 7.78. The van der Waals surface area contributed by atoms with Crippen LogP contribution in [0.2, 0.25) is 0 Å². The summed E-state index contributed by atoms with van der Waals surface area (Å²) < 4.78 is 12.7. The van der Waals surface area contributed by atoms with Gasteiger partial charge in [0.15, 0.2) is 11.6 Å². The van der Waals surface area contributed by atoms with E-state index in [0.717, 1.165) is 46.8 Å². The predicted molar refractivity (Wildman–Crippen MR) is 121 cm³/mol. The maximum atomic E-state index is 9.76. The van der Waals surface area contributed by atoms with E-state index in [0.29, 0.717) is 24.9 Å². The van der Waals surface area contributed by atoms with Gasteiger partial charge in [0.2, 0.25) is 0 Å². The Kier molecular flexibility index (Phi) is 5.60. The molecule has 0 unspecified atom stereocenters. The van der Waals surface area contributed by atoms with E-state index in [1.54, 1.807) is 7.11 Å². The number of hydrogen-bond donors (Lipinski definition) is 2. The van der Waals surface area contributed by atoms with Gasteiger partial charge in [-0.25, -0.2) is 14.6 Å². The van der Waals surface area contributed by atoms with Crippen LogP contribution in [0.25, 0.3) is 28.0 Å². The van der Waals surface area contributed by atoms with Crippen LogP contribution in [0.15, 0.2) is 42.6 Å².